The number of nitrogens with one attached hydrogen (secondary N) is 1. The number of benzene rings is 1. The summed E-state index contributed by atoms with van der Waals surface area (Å²) in [6.07, 6.45) is 7.26. The number of nitriles is 1. The molecule has 0 aliphatic heterocycles. The molecule has 1 aromatic rings. The second-order valence-corrected chi connectivity index (χ2v) is 4.90. The highest BCUT2D eigenvalue weighted by atomic mass is 19.1. The summed E-state index contributed by atoms with van der Waals surface area (Å²) < 4.78 is 18.5. The van der Waals surface area contributed by atoms with Crippen molar-refractivity contribution in [2.24, 2.45) is 0 Å². The van der Waals surface area contributed by atoms with Gasteiger partial charge in [-0.25, -0.2) is 9.18 Å². The Hall–Kier alpha value is -2.73. The fourth-order valence-corrected chi connectivity index (χ4v) is 2.03. The Morgan fingerprint density at radius 1 is 1.55 bits per heavy atom. The molecule has 2 rings (SSSR count). The van der Waals surface area contributed by atoms with Crippen LogP contribution in [0.4, 0.5) is 14.9 Å². The number of rotatable bonds is 6. The van der Waals surface area contributed by atoms with Gasteiger partial charge in [0.05, 0.1) is 18.2 Å². The molecule has 5 nitrogen and oxygen atoms in total. The molecule has 0 saturated heterocycles. The lowest BCUT2D eigenvalue weighted by molar-refractivity contribution is 0.210. The monoisotopic (exact) mass is 301 g/mol. The largest absolute Gasteiger partial charge is 0.479 e. The first-order chi connectivity index (χ1) is 10.7. The zero-order valence-electron chi connectivity index (χ0n) is 12.0. The maximum absolute atomic E-state index is 13.3. The van der Waals surface area contributed by atoms with Crippen LogP contribution >= 0.6 is 0 Å². The maximum atomic E-state index is 13.3. The predicted molar refractivity (Wildman–Crippen MR) is 79.7 cm³/mol. The highest BCUT2D eigenvalue weighted by molar-refractivity contribution is 5.91. The summed E-state index contributed by atoms with van der Waals surface area (Å²) in [7, 11) is 0. The number of terminal acetylenes is 1. The molecule has 1 N–H and O–H groups in total. The van der Waals surface area contributed by atoms with Gasteiger partial charge in [0.2, 0.25) is 0 Å². The SMILES string of the molecule is C#CCOc1cc(F)ccc1NC(=O)N(CCC#N)C1CC1. The van der Waals surface area contributed by atoms with E-state index in [1.54, 1.807) is 4.90 Å². The highest BCUT2D eigenvalue weighted by Gasteiger charge is 2.32. The molecule has 1 aliphatic carbocycles. The van der Waals surface area contributed by atoms with Crippen LogP contribution in [0.5, 0.6) is 5.75 Å². The Labute approximate surface area is 128 Å². The van der Waals surface area contributed by atoms with Crippen molar-refractivity contribution in [3.05, 3.63) is 24.0 Å². The lowest BCUT2D eigenvalue weighted by Crippen LogP contribution is -2.37. The topological polar surface area (TPSA) is 65.4 Å². The van der Waals surface area contributed by atoms with Gasteiger partial charge >= 0.3 is 6.03 Å². The molecule has 0 radical (unpaired) electrons. The van der Waals surface area contributed by atoms with Gasteiger partial charge in [0.25, 0.3) is 0 Å². The zero-order valence-corrected chi connectivity index (χ0v) is 12.0. The summed E-state index contributed by atoms with van der Waals surface area (Å²) in [6.45, 7) is 0.349. The van der Waals surface area contributed by atoms with E-state index in [4.69, 9.17) is 16.4 Å². The van der Waals surface area contributed by atoms with Crippen molar-refractivity contribution in [2.75, 3.05) is 18.5 Å². The maximum Gasteiger partial charge on any atom is 0.322 e. The Morgan fingerprint density at radius 3 is 2.95 bits per heavy atom. The van der Waals surface area contributed by atoms with Crippen molar-refractivity contribution in [1.82, 2.24) is 4.90 Å². The van der Waals surface area contributed by atoms with Gasteiger partial charge < -0.3 is 15.0 Å². The number of nitrogens with zero attached hydrogens (tertiary/aromatic N) is 2. The van der Waals surface area contributed by atoms with Crippen LogP contribution < -0.4 is 10.1 Å². The standard InChI is InChI=1S/C16H16FN3O2/c1-2-10-22-15-11-12(17)4-7-14(15)19-16(21)20(9-3-8-18)13-5-6-13/h1,4,7,11,13H,3,5-6,9-10H2,(H,19,21). The number of halogens is 1. The second kappa shape index (κ2) is 7.33. The Bertz CT molecular complexity index is 629. The first-order valence-corrected chi connectivity index (χ1v) is 6.96. The molecular weight excluding hydrogens is 285 g/mol. The van der Waals surface area contributed by atoms with Crippen LogP contribution in [-0.2, 0) is 0 Å². The number of hydrogen-bond donors (Lipinski definition) is 1. The van der Waals surface area contributed by atoms with Crippen LogP contribution in [0.1, 0.15) is 19.3 Å². The number of hydrogen-bond acceptors (Lipinski definition) is 3. The number of urea groups is 1. The van der Waals surface area contributed by atoms with E-state index in [9.17, 15) is 9.18 Å². The fourth-order valence-electron chi connectivity index (χ4n) is 2.03. The van der Waals surface area contributed by atoms with Crippen LogP contribution in [0.15, 0.2) is 18.2 Å². The first-order valence-electron chi connectivity index (χ1n) is 6.96. The van der Waals surface area contributed by atoms with E-state index >= 15 is 0 Å². The van der Waals surface area contributed by atoms with E-state index in [1.807, 2.05) is 6.07 Å². The van der Waals surface area contributed by atoms with Crippen molar-refractivity contribution in [2.45, 2.75) is 25.3 Å². The first kappa shape index (κ1) is 15.7. The van der Waals surface area contributed by atoms with E-state index in [1.165, 1.54) is 18.2 Å². The van der Waals surface area contributed by atoms with Gasteiger partial charge in [-0.15, -0.1) is 6.42 Å². The summed E-state index contributed by atoms with van der Waals surface area (Å²) in [4.78, 5) is 13.9. The molecule has 0 bridgehead atoms. The van der Waals surface area contributed by atoms with E-state index < -0.39 is 5.82 Å². The fraction of sp³-hybridized carbons (Fsp3) is 0.375. The number of carbonyl (C=O) groups excluding carboxylic acids is 1. The molecular formula is C16H16FN3O2. The van der Waals surface area contributed by atoms with Gasteiger partial charge in [0.1, 0.15) is 18.2 Å². The molecule has 0 heterocycles. The molecule has 0 unspecified atom stereocenters. The summed E-state index contributed by atoms with van der Waals surface area (Å²) in [5.74, 6) is 2.00. The van der Waals surface area contributed by atoms with Crippen molar-refractivity contribution in [1.29, 1.82) is 5.26 Å². The van der Waals surface area contributed by atoms with Crippen LogP contribution in [-0.4, -0.2) is 30.1 Å². The molecule has 6 heteroatoms. The summed E-state index contributed by atoms with van der Waals surface area (Å²) >= 11 is 0. The lowest BCUT2D eigenvalue weighted by atomic mass is 10.3. The number of carbonyl (C=O) groups is 1. The van der Waals surface area contributed by atoms with Gasteiger partial charge in [-0.05, 0) is 25.0 Å². The lowest BCUT2D eigenvalue weighted by Gasteiger charge is -2.22. The summed E-state index contributed by atoms with van der Waals surface area (Å²) in [5, 5.41) is 11.4. The minimum absolute atomic E-state index is 0.0207. The zero-order chi connectivity index (χ0) is 15.9. The quantitative estimate of drug-likeness (QED) is 0.822. The third-order valence-electron chi connectivity index (χ3n) is 3.21. The van der Waals surface area contributed by atoms with E-state index in [0.29, 0.717) is 12.2 Å². The van der Waals surface area contributed by atoms with Crippen molar-refractivity contribution in [3.8, 4) is 24.2 Å². The van der Waals surface area contributed by atoms with E-state index in [0.717, 1.165) is 12.8 Å². The minimum atomic E-state index is -0.478. The van der Waals surface area contributed by atoms with Gasteiger partial charge in [0.15, 0.2) is 0 Å². The molecule has 1 aromatic carbocycles. The molecule has 1 saturated carbocycles. The molecule has 1 fully saturated rings. The molecule has 2 amide bonds. The van der Waals surface area contributed by atoms with Crippen molar-refractivity contribution < 1.29 is 13.9 Å². The molecule has 0 atom stereocenters. The number of ether oxygens (including phenoxy) is 1. The van der Waals surface area contributed by atoms with E-state index in [2.05, 4.69) is 11.2 Å². The number of anilines is 1. The van der Waals surface area contributed by atoms with Crippen LogP contribution in [0.2, 0.25) is 0 Å². The Morgan fingerprint density at radius 2 is 2.32 bits per heavy atom. The van der Waals surface area contributed by atoms with E-state index in [-0.39, 0.29) is 30.9 Å². The van der Waals surface area contributed by atoms with Crippen LogP contribution in [0.3, 0.4) is 0 Å². The van der Waals surface area contributed by atoms with Gasteiger partial charge in [-0.2, -0.15) is 5.26 Å². The Balaban J connectivity index is 2.09. The van der Waals surface area contributed by atoms with Gasteiger partial charge in [-0.1, -0.05) is 5.92 Å². The highest BCUT2D eigenvalue weighted by Crippen LogP contribution is 2.30. The molecule has 0 aromatic heterocycles. The second-order valence-electron chi connectivity index (χ2n) is 4.90. The molecule has 114 valence electrons. The normalized spacial score (nSPS) is 12.9. The molecule has 1 aliphatic rings. The number of amides is 2. The summed E-state index contributed by atoms with van der Waals surface area (Å²) in [5.41, 5.74) is 0.351. The average molecular weight is 301 g/mol. The third kappa shape index (κ3) is 4.13. The summed E-state index contributed by atoms with van der Waals surface area (Å²) in [6, 6.07) is 5.70. The van der Waals surface area contributed by atoms with Crippen LogP contribution in [0, 0.1) is 29.5 Å². The third-order valence-corrected chi connectivity index (χ3v) is 3.21. The van der Waals surface area contributed by atoms with Crippen LogP contribution in [0.25, 0.3) is 0 Å². The van der Waals surface area contributed by atoms with Gasteiger partial charge in [0, 0.05) is 18.7 Å². The minimum Gasteiger partial charge on any atom is -0.479 e. The smallest absolute Gasteiger partial charge is 0.322 e. The average Bonchev–Trinajstić information content (AvgIpc) is 3.32. The molecule has 22 heavy (non-hydrogen) atoms. The van der Waals surface area contributed by atoms with Gasteiger partial charge in [-0.3, -0.25) is 0 Å². The Kier molecular flexibility index (Phi) is 5.21. The van der Waals surface area contributed by atoms with Crippen molar-refractivity contribution in [3.63, 3.8) is 0 Å². The molecule has 0 spiro atoms. The van der Waals surface area contributed by atoms with Crippen molar-refractivity contribution >= 4 is 11.7 Å². The predicted octanol–water partition coefficient (Wildman–Crippen LogP) is 2.75.